The van der Waals surface area contributed by atoms with Crippen molar-refractivity contribution in [3.8, 4) is 0 Å². The van der Waals surface area contributed by atoms with Gasteiger partial charge in [0.15, 0.2) is 6.10 Å². The van der Waals surface area contributed by atoms with Crippen molar-refractivity contribution in [1.29, 1.82) is 0 Å². The van der Waals surface area contributed by atoms with Gasteiger partial charge in [-0.2, -0.15) is 0 Å². The lowest BCUT2D eigenvalue weighted by Crippen LogP contribution is -2.22. The van der Waals surface area contributed by atoms with Gasteiger partial charge in [-0.3, -0.25) is 0 Å². The summed E-state index contributed by atoms with van der Waals surface area (Å²) in [6.07, 6.45) is -1.26. The first-order valence-electron chi connectivity index (χ1n) is 3.41. The van der Waals surface area contributed by atoms with E-state index in [1.165, 1.54) is 11.3 Å². The van der Waals surface area contributed by atoms with Crippen LogP contribution in [0.25, 0.3) is 0 Å². The molecule has 1 rings (SSSR count). The third-order valence-corrected chi connectivity index (χ3v) is 2.18. The number of aliphatic hydroxyl groups excluding tert-OH is 1. The predicted molar refractivity (Wildman–Crippen MR) is 44.2 cm³/mol. The van der Waals surface area contributed by atoms with Crippen molar-refractivity contribution in [2.45, 2.75) is 19.4 Å². The molecule has 0 amide bonds. The molecular weight excluding hydrogens is 178 g/mol. The summed E-state index contributed by atoms with van der Waals surface area (Å²) < 4.78 is 0. The lowest BCUT2D eigenvalue weighted by atomic mass is 10.2. The van der Waals surface area contributed by atoms with Crippen LogP contribution >= 0.6 is 11.3 Å². The summed E-state index contributed by atoms with van der Waals surface area (Å²) in [6.45, 7) is 1.83. The second-order valence-corrected chi connectivity index (χ2v) is 3.48. The number of carboxylic acids is 1. The third kappa shape index (κ3) is 2.28. The van der Waals surface area contributed by atoms with Crippen LogP contribution in [0.15, 0.2) is 5.38 Å². The molecule has 0 aliphatic carbocycles. The predicted octanol–water partition coefficient (Wildman–Crippen LogP) is 0.440. The zero-order chi connectivity index (χ0) is 9.14. The van der Waals surface area contributed by atoms with Gasteiger partial charge in [0.1, 0.15) is 0 Å². The minimum atomic E-state index is -1.34. The fourth-order valence-corrected chi connectivity index (χ4v) is 1.41. The summed E-state index contributed by atoms with van der Waals surface area (Å²) in [4.78, 5) is 14.3. The summed E-state index contributed by atoms with van der Waals surface area (Å²) in [5.74, 6) is -1.21. The van der Waals surface area contributed by atoms with E-state index >= 15 is 0 Å². The van der Waals surface area contributed by atoms with Crippen LogP contribution in [0.4, 0.5) is 0 Å². The molecule has 1 unspecified atom stereocenters. The van der Waals surface area contributed by atoms with E-state index in [9.17, 15) is 4.79 Å². The first-order valence-corrected chi connectivity index (χ1v) is 4.29. The molecule has 0 aliphatic heterocycles. The maximum atomic E-state index is 10.2. The van der Waals surface area contributed by atoms with Gasteiger partial charge in [-0.1, -0.05) is 0 Å². The number of aryl methyl sites for hydroxylation is 1. The number of thiazole rings is 1. The van der Waals surface area contributed by atoms with E-state index < -0.39 is 12.1 Å². The lowest BCUT2D eigenvalue weighted by molar-refractivity contribution is -0.146. The molecule has 0 saturated heterocycles. The normalized spacial score (nSPS) is 12.8. The minimum Gasteiger partial charge on any atom is -0.479 e. The van der Waals surface area contributed by atoms with Crippen LogP contribution < -0.4 is 0 Å². The Kier molecular flexibility index (Phi) is 2.78. The second kappa shape index (κ2) is 3.64. The number of aromatic nitrogens is 1. The largest absolute Gasteiger partial charge is 0.479 e. The lowest BCUT2D eigenvalue weighted by Gasteiger charge is -2.00. The maximum Gasteiger partial charge on any atom is 0.332 e. The van der Waals surface area contributed by atoms with Crippen molar-refractivity contribution in [2.75, 3.05) is 0 Å². The van der Waals surface area contributed by atoms with Crippen LogP contribution in [0.3, 0.4) is 0 Å². The maximum absolute atomic E-state index is 10.2. The SMILES string of the molecule is Cc1nc(CC(O)C(=O)O)cs1. The molecule has 1 aromatic heterocycles. The average molecular weight is 187 g/mol. The van der Waals surface area contributed by atoms with Gasteiger partial charge in [0, 0.05) is 11.8 Å². The zero-order valence-electron chi connectivity index (χ0n) is 6.52. The third-order valence-electron chi connectivity index (χ3n) is 1.35. The Morgan fingerprint density at radius 3 is 2.92 bits per heavy atom. The number of carbonyl (C=O) groups is 1. The first-order chi connectivity index (χ1) is 5.59. The van der Waals surface area contributed by atoms with Crippen LogP contribution in [-0.2, 0) is 11.2 Å². The Bertz CT molecular complexity index is 284. The summed E-state index contributed by atoms with van der Waals surface area (Å²) in [5.41, 5.74) is 0.632. The summed E-state index contributed by atoms with van der Waals surface area (Å²) >= 11 is 1.44. The number of nitrogens with zero attached hydrogens (tertiary/aromatic N) is 1. The molecule has 1 aromatic rings. The molecule has 5 heteroatoms. The van der Waals surface area contributed by atoms with E-state index in [1.54, 1.807) is 5.38 Å². The Morgan fingerprint density at radius 1 is 1.83 bits per heavy atom. The van der Waals surface area contributed by atoms with Crippen LogP contribution in [0.2, 0.25) is 0 Å². The van der Waals surface area contributed by atoms with Crippen molar-refractivity contribution in [1.82, 2.24) is 4.98 Å². The molecule has 1 atom stereocenters. The average Bonchev–Trinajstić information content (AvgIpc) is 2.35. The molecule has 2 N–H and O–H groups in total. The molecule has 4 nitrogen and oxygen atoms in total. The highest BCUT2D eigenvalue weighted by Gasteiger charge is 2.14. The Labute approximate surface area is 73.5 Å². The van der Waals surface area contributed by atoms with Crippen molar-refractivity contribution in [3.63, 3.8) is 0 Å². The van der Waals surface area contributed by atoms with Crippen LogP contribution in [0.1, 0.15) is 10.7 Å². The summed E-state index contributed by atoms with van der Waals surface area (Å²) in [6, 6.07) is 0. The molecule has 0 spiro atoms. The molecule has 0 saturated carbocycles. The van der Waals surface area contributed by atoms with Gasteiger partial charge in [0.2, 0.25) is 0 Å². The highest BCUT2D eigenvalue weighted by atomic mass is 32.1. The Balaban J connectivity index is 2.58. The zero-order valence-corrected chi connectivity index (χ0v) is 7.34. The number of aliphatic carboxylic acids is 1. The van der Waals surface area contributed by atoms with Gasteiger partial charge in [0.05, 0.1) is 10.7 Å². The summed E-state index contributed by atoms with van der Waals surface area (Å²) in [5, 5.41) is 20.0. The van der Waals surface area contributed by atoms with Gasteiger partial charge in [-0.25, -0.2) is 9.78 Å². The van der Waals surface area contributed by atoms with Crippen LogP contribution in [-0.4, -0.2) is 27.3 Å². The van der Waals surface area contributed by atoms with Gasteiger partial charge in [-0.15, -0.1) is 11.3 Å². The minimum absolute atomic E-state index is 0.0830. The van der Waals surface area contributed by atoms with Crippen molar-refractivity contribution in [3.05, 3.63) is 16.1 Å². The molecule has 0 aliphatic rings. The molecule has 0 aromatic carbocycles. The first kappa shape index (κ1) is 9.15. The second-order valence-electron chi connectivity index (χ2n) is 2.42. The van der Waals surface area contributed by atoms with Crippen molar-refractivity contribution >= 4 is 17.3 Å². The van der Waals surface area contributed by atoms with E-state index in [2.05, 4.69) is 4.98 Å². The Hall–Kier alpha value is -0.940. The van der Waals surface area contributed by atoms with Crippen LogP contribution in [0, 0.1) is 6.92 Å². The molecule has 12 heavy (non-hydrogen) atoms. The van der Waals surface area contributed by atoms with Gasteiger partial charge < -0.3 is 10.2 Å². The quantitative estimate of drug-likeness (QED) is 0.720. The monoisotopic (exact) mass is 187 g/mol. The van der Waals surface area contributed by atoms with E-state index in [0.29, 0.717) is 5.69 Å². The Morgan fingerprint density at radius 2 is 2.50 bits per heavy atom. The van der Waals surface area contributed by atoms with E-state index in [1.807, 2.05) is 6.92 Å². The van der Waals surface area contributed by atoms with E-state index in [0.717, 1.165) is 5.01 Å². The highest BCUT2D eigenvalue weighted by molar-refractivity contribution is 7.09. The number of hydrogen-bond acceptors (Lipinski definition) is 4. The molecular formula is C7H9NO3S. The van der Waals surface area contributed by atoms with Gasteiger partial charge in [-0.05, 0) is 6.92 Å². The molecule has 1 heterocycles. The van der Waals surface area contributed by atoms with Gasteiger partial charge >= 0.3 is 5.97 Å². The number of hydrogen-bond donors (Lipinski definition) is 2. The van der Waals surface area contributed by atoms with Crippen molar-refractivity contribution < 1.29 is 15.0 Å². The topological polar surface area (TPSA) is 70.4 Å². The van der Waals surface area contributed by atoms with E-state index in [4.69, 9.17) is 10.2 Å². The fourth-order valence-electron chi connectivity index (χ4n) is 0.787. The smallest absolute Gasteiger partial charge is 0.332 e. The summed E-state index contributed by atoms with van der Waals surface area (Å²) in [7, 11) is 0. The fraction of sp³-hybridized carbons (Fsp3) is 0.429. The number of rotatable bonds is 3. The molecule has 0 bridgehead atoms. The van der Waals surface area contributed by atoms with Gasteiger partial charge in [0.25, 0.3) is 0 Å². The number of carboxylic acid groups (broad SMARTS) is 1. The highest BCUT2D eigenvalue weighted by Crippen LogP contribution is 2.09. The molecule has 0 fully saturated rings. The van der Waals surface area contributed by atoms with Crippen LogP contribution in [0.5, 0.6) is 0 Å². The number of aliphatic hydroxyl groups is 1. The molecule has 0 radical (unpaired) electrons. The molecule has 66 valence electrons. The standard InChI is InChI=1S/C7H9NO3S/c1-4-8-5(3-12-4)2-6(9)7(10)11/h3,6,9H,2H2,1H3,(H,10,11). The van der Waals surface area contributed by atoms with E-state index in [-0.39, 0.29) is 6.42 Å². The van der Waals surface area contributed by atoms with Crippen molar-refractivity contribution in [2.24, 2.45) is 0 Å².